The zero-order chi connectivity index (χ0) is 15.5. The van der Waals surface area contributed by atoms with Gasteiger partial charge in [-0.1, -0.05) is 17.7 Å². The van der Waals surface area contributed by atoms with Crippen LogP contribution in [0.2, 0.25) is 0 Å². The summed E-state index contributed by atoms with van der Waals surface area (Å²) in [5.74, 6) is -0.925. The quantitative estimate of drug-likeness (QED) is 0.917. The van der Waals surface area contributed by atoms with Crippen molar-refractivity contribution in [2.45, 2.75) is 13.1 Å². The average Bonchev–Trinajstić information content (AvgIpc) is 2.42. The number of hydrogen-bond donors (Lipinski definition) is 1. The fourth-order valence-corrected chi connectivity index (χ4v) is 1.55. The van der Waals surface area contributed by atoms with Crippen LogP contribution in [-0.4, -0.2) is 12.1 Å². The van der Waals surface area contributed by atoms with Gasteiger partial charge < -0.3 is 10.1 Å². The molecule has 0 radical (unpaired) electrons. The molecule has 0 bridgehead atoms. The summed E-state index contributed by atoms with van der Waals surface area (Å²) >= 11 is 0. The van der Waals surface area contributed by atoms with Crippen LogP contribution >= 0.6 is 0 Å². The van der Waals surface area contributed by atoms with Gasteiger partial charge in [-0.05, 0) is 43.3 Å². The molecule has 0 spiro atoms. The van der Waals surface area contributed by atoms with E-state index in [1.165, 1.54) is 24.3 Å². The first-order chi connectivity index (χ1) is 9.84. The number of amides is 1. The first-order valence-electron chi connectivity index (χ1n) is 6.07. The van der Waals surface area contributed by atoms with Gasteiger partial charge >= 0.3 is 12.1 Å². The van der Waals surface area contributed by atoms with Gasteiger partial charge in [-0.25, -0.2) is 0 Å². The van der Waals surface area contributed by atoms with Crippen LogP contribution in [0, 0.1) is 6.92 Å². The van der Waals surface area contributed by atoms with Crippen molar-refractivity contribution in [3.63, 3.8) is 0 Å². The summed E-state index contributed by atoms with van der Waals surface area (Å²) in [6, 6.07) is 13.0. The number of nitrogens with one attached hydrogen (secondary N) is 1. The molecule has 110 valence electrons. The molecule has 0 aliphatic heterocycles. The van der Waals surface area contributed by atoms with Crippen LogP contribution in [0.4, 0.5) is 18.9 Å². The van der Waals surface area contributed by atoms with Gasteiger partial charge in [0, 0.05) is 5.69 Å². The first kappa shape index (κ1) is 14.9. The third kappa shape index (κ3) is 4.24. The first-order valence-corrected chi connectivity index (χ1v) is 6.07. The fourth-order valence-electron chi connectivity index (χ4n) is 1.55. The zero-order valence-electron chi connectivity index (χ0n) is 11.1. The number of alkyl halides is 3. The number of carbonyl (C=O) groups is 1. The van der Waals surface area contributed by atoms with Crippen molar-refractivity contribution >= 4 is 11.6 Å². The molecule has 0 heterocycles. The number of carbonyl (C=O) groups excluding carboxylic acids is 1. The van der Waals surface area contributed by atoms with E-state index in [1.807, 2.05) is 19.1 Å². The highest BCUT2D eigenvalue weighted by molar-refractivity contribution is 5.94. The normalized spacial score (nSPS) is 11.0. The summed E-state index contributed by atoms with van der Waals surface area (Å²) < 4.78 is 41.8. The molecule has 6 heteroatoms. The Hall–Kier alpha value is -2.50. The van der Waals surface area contributed by atoms with E-state index in [1.54, 1.807) is 17.4 Å². The predicted molar refractivity (Wildman–Crippen MR) is 72.4 cm³/mol. The molecule has 0 saturated carbocycles. The van der Waals surface area contributed by atoms with E-state index in [9.17, 15) is 18.0 Å². The Morgan fingerprint density at radius 2 is 1.43 bits per heavy atom. The lowest BCUT2D eigenvalue weighted by Crippen LogP contribution is -2.29. The molecule has 0 unspecified atom stereocenters. The van der Waals surface area contributed by atoms with E-state index in [-0.39, 0.29) is 5.69 Å². The average molecular weight is 295 g/mol. The topological polar surface area (TPSA) is 38.3 Å². The van der Waals surface area contributed by atoms with Gasteiger partial charge in [0.2, 0.25) is 0 Å². The van der Waals surface area contributed by atoms with Gasteiger partial charge in [-0.3, -0.25) is 4.79 Å². The number of benzene rings is 2. The third-order valence-corrected chi connectivity index (χ3v) is 2.63. The molecule has 0 aromatic heterocycles. The number of ether oxygens (including phenoxy) is 1. The number of anilines is 1. The van der Waals surface area contributed by atoms with Crippen LogP contribution in [0.15, 0.2) is 48.5 Å². The van der Waals surface area contributed by atoms with Crippen molar-refractivity contribution in [3.05, 3.63) is 54.1 Å². The Morgan fingerprint density at radius 3 is 1.90 bits per heavy atom. The molecule has 2 aromatic rings. The summed E-state index contributed by atoms with van der Waals surface area (Å²) in [5, 5.41) is 1.76. The maximum atomic E-state index is 12.1. The van der Waals surface area contributed by atoms with E-state index in [2.05, 4.69) is 0 Å². The lowest BCUT2D eigenvalue weighted by Gasteiger charge is -2.09. The van der Waals surface area contributed by atoms with Gasteiger partial charge in [0.25, 0.3) is 0 Å². The fraction of sp³-hybridized carbons (Fsp3) is 0.133. The molecule has 21 heavy (non-hydrogen) atoms. The lowest BCUT2D eigenvalue weighted by molar-refractivity contribution is -0.167. The monoisotopic (exact) mass is 295 g/mol. The lowest BCUT2D eigenvalue weighted by atomic mass is 10.2. The maximum absolute atomic E-state index is 12.1. The minimum absolute atomic E-state index is 0.0496. The van der Waals surface area contributed by atoms with Gasteiger partial charge in [-0.15, -0.1) is 0 Å². The number of hydrogen-bond acceptors (Lipinski definition) is 2. The summed E-state index contributed by atoms with van der Waals surface area (Å²) in [6.07, 6.45) is -4.91. The van der Waals surface area contributed by atoms with Crippen LogP contribution < -0.4 is 10.1 Å². The van der Waals surface area contributed by atoms with E-state index < -0.39 is 12.1 Å². The molecule has 0 aliphatic rings. The Bertz CT molecular complexity index is 619. The van der Waals surface area contributed by atoms with Crippen molar-refractivity contribution in [1.82, 2.24) is 0 Å². The SMILES string of the molecule is Cc1ccc(Oc2ccc(NC(=O)C(F)(F)F)cc2)cc1. The second kappa shape index (κ2) is 5.87. The Morgan fingerprint density at radius 1 is 0.952 bits per heavy atom. The van der Waals surface area contributed by atoms with Crippen molar-refractivity contribution < 1.29 is 22.7 Å². The highest BCUT2D eigenvalue weighted by Crippen LogP contribution is 2.24. The molecule has 0 fully saturated rings. The molecule has 1 N–H and O–H groups in total. The van der Waals surface area contributed by atoms with Crippen LogP contribution in [0.25, 0.3) is 0 Å². The van der Waals surface area contributed by atoms with E-state index in [0.29, 0.717) is 11.5 Å². The molecular weight excluding hydrogens is 283 g/mol. The third-order valence-electron chi connectivity index (χ3n) is 2.63. The molecule has 2 aromatic carbocycles. The zero-order valence-corrected chi connectivity index (χ0v) is 11.1. The Kier molecular flexibility index (Phi) is 4.16. The van der Waals surface area contributed by atoms with Crippen molar-refractivity contribution in [1.29, 1.82) is 0 Å². The summed E-state index contributed by atoms with van der Waals surface area (Å²) in [7, 11) is 0. The minimum Gasteiger partial charge on any atom is -0.457 e. The second-order valence-corrected chi connectivity index (χ2v) is 4.39. The van der Waals surface area contributed by atoms with Crippen molar-refractivity contribution in [3.8, 4) is 11.5 Å². The largest absolute Gasteiger partial charge is 0.471 e. The standard InChI is InChI=1S/C15H12F3NO2/c1-10-2-6-12(7-3-10)21-13-8-4-11(5-9-13)19-14(20)15(16,17)18/h2-9H,1H3,(H,19,20). The summed E-state index contributed by atoms with van der Waals surface area (Å²) in [5.41, 5.74) is 1.14. The molecule has 0 aliphatic carbocycles. The Labute approximate surface area is 119 Å². The van der Waals surface area contributed by atoms with Gasteiger partial charge in [0.1, 0.15) is 11.5 Å². The van der Waals surface area contributed by atoms with E-state index >= 15 is 0 Å². The highest BCUT2D eigenvalue weighted by atomic mass is 19.4. The predicted octanol–water partition coefficient (Wildman–Crippen LogP) is 4.29. The van der Waals surface area contributed by atoms with Crippen molar-refractivity contribution in [2.24, 2.45) is 0 Å². The number of rotatable bonds is 3. The molecule has 2 rings (SSSR count). The molecule has 0 atom stereocenters. The van der Waals surface area contributed by atoms with Crippen LogP contribution in [-0.2, 0) is 4.79 Å². The highest BCUT2D eigenvalue weighted by Gasteiger charge is 2.38. The van der Waals surface area contributed by atoms with Crippen LogP contribution in [0.3, 0.4) is 0 Å². The van der Waals surface area contributed by atoms with Crippen LogP contribution in [0.5, 0.6) is 11.5 Å². The smallest absolute Gasteiger partial charge is 0.457 e. The molecular formula is C15H12F3NO2. The second-order valence-electron chi connectivity index (χ2n) is 4.39. The Balaban J connectivity index is 2.02. The van der Waals surface area contributed by atoms with Gasteiger partial charge in [0.15, 0.2) is 0 Å². The van der Waals surface area contributed by atoms with E-state index in [4.69, 9.17) is 4.74 Å². The maximum Gasteiger partial charge on any atom is 0.471 e. The molecule has 1 amide bonds. The molecule has 0 saturated heterocycles. The van der Waals surface area contributed by atoms with E-state index in [0.717, 1.165) is 5.56 Å². The van der Waals surface area contributed by atoms with Gasteiger partial charge in [-0.2, -0.15) is 13.2 Å². The minimum atomic E-state index is -4.91. The van der Waals surface area contributed by atoms with Crippen molar-refractivity contribution in [2.75, 3.05) is 5.32 Å². The van der Waals surface area contributed by atoms with Gasteiger partial charge in [0.05, 0.1) is 0 Å². The van der Waals surface area contributed by atoms with Crippen LogP contribution in [0.1, 0.15) is 5.56 Å². The number of aryl methyl sites for hydroxylation is 1. The summed E-state index contributed by atoms with van der Waals surface area (Å²) in [6.45, 7) is 1.95. The number of halogens is 3. The summed E-state index contributed by atoms with van der Waals surface area (Å²) in [4.78, 5) is 10.8. The molecule has 3 nitrogen and oxygen atoms in total.